The third kappa shape index (κ3) is 3.92. The fraction of sp³-hybridized carbons (Fsp3) is 0.176. The number of hydrogen-bond acceptors (Lipinski definition) is 2. The first kappa shape index (κ1) is 14.8. The van der Waals surface area contributed by atoms with Crippen molar-refractivity contribution >= 4 is 17.5 Å². The van der Waals surface area contributed by atoms with Gasteiger partial charge in [-0.3, -0.25) is 4.79 Å². The molecular weight excluding hydrogens is 264 g/mol. The van der Waals surface area contributed by atoms with Gasteiger partial charge in [0.1, 0.15) is 0 Å². The highest BCUT2D eigenvalue weighted by Gasteiger charge is 2.12. The number of rotatable bonds is 4. The molecule has 0 spiro atoms. The quantitative estimate of drug-likeness (QED) is 0.839. The Bertz CT molecular complexity index is 638. The highest BCUT2D eigenvalue weighted by Crippen LogP contribution is 2.16. The Balaban J connectivity index is 2.04. The van der Waals surface area contributed by atoms with Gasteiger partial charge in [-0.25, -0.2) is 4.79 Å². The van der Waals surface area contributed by atoms with Crippen LogP contribution in [0.4, 0.5) is 10.5 Å². The second-order valence-corrected chi connectivity index (χ2v) is 4.83. The highest BCUT2D eigenvalue weighted by molar-refractivity contribution is 6.03. The molecule has 1 atom stereocenters. The van der Waals surface area contributed by atoms with Gasteiger partial charge in [-0.05, 0) is 31.5 Å². The monoisotopic (exact) mass is 282 g/mol. The predicted molar refractivity (Wildman–Crippen MR) is 83.5 cm³/mol. The minimum Gasteiger partial charge on any atom is -0.331 e. The van der Waals surface area contributed by atoms with Crippen LogP contribution in [0.2, 0.25) is 0 Å². The summed E-state index contributed by atoms with van der Waals surface area (Å²) in [6.07, 6.45) is 0. The number of benzene rings is 2. The van der Waals surface area contributed by atoms with Crippen LogP contribution < -0.4 is 10.6 Å². The van der Waals surface area contributed by atoms with Gasteiger partial charge in [-0.2, -0.15) is 0 Å². The van der Waals surface area contributed by atoms with Gasteiger partial charge in [-0.15, -0.1) is 0 Å². The lowest BCUT2D eigenvalue weighted by molar-refractivity contribution is 0.101. The zero-order valence-electron chi connectivity index (χ0n) is 12.1. The van der Waals surface area contributed by atoms with Crippen LogP contribution in [0.25, 0.3) is 0 Å². The molecule has 2 rings (SSSR count). The maximum atomic E-state index is 12.0. The van der Waals surface area contributed by atoms with E-state index < -0.39 is 0 Å². The molecule has 0 unspecified atom stereocenters. The molecule has 0 aliphatic carbocycles. The Morgan fingerprint density at radius 3 is 2.24 bits per heavy atom. The summed E-state index contributed by atoms with van der Waals surface area (Å²) in [4.78, 5) is 23.6. The Hall–Kier alpha value is -2.62. The summed E-state index contributed by atoms with van der Waals surface area (Å²) >= 11 is 0. The number of amides is 2. The van der Waals surface area contributed by atoms with Crippen LogP contribution in [0.15, 0.2) is 54.6 Å². The number of hydrogen-bond donors (Lipinski definition) is 2. The van der Waals surface area contributed by atoms with E-state index in [9.17, 15) is 9.59 Å². The third-order valence-electron chi connectivity index (χ3n) is 3.20. The molecule has 2 aromatic rings. The van der Waals surface area contributed by atoms with Crippen LogP contribution in [0.3, 0.4) is 0 Å². The van der Waals surface area contributed by atoms with E-state index in [4.69, 9.17) is 0 Å². The van der Waals surface area contributed by atoms with Crippen molar-refractivity contribution in [1.82, 2.24) is 5.32 Å². The van der Waals surface area contributed by atoms with E-state index in [1.54, 1.807) is 24.3 Å². The van der Waals surface area contributed by atoms with Crippen LogP contribution in [-0.2, 0) is 0 Å². The number of para-hydroxylation sites is 1. The summed E-state index contributed by atoms with van der Waals surface area (Å²) in [7, 11) is 0. The fourth-order valence-corrected chi connectivity index (χ4v) is 2.08. The van der Waals surface area contributed by atoms with Gasteiger partial charge in [0.2, 0.25) is 0 Å². The second-order valence-electron chi connectivity index (χ2n) is 4.83. The van der Waals surface area contributed by atoms with E-state index in [2.05, 4.69) is 10.6 Å². The molecule has 4 heteroatoms. The maximum absolute atomic E-state index is 12.0. The molecule has 0 aromatic heterocycles. The smallest absolute Gasteiger partial charge is 0.319 e. The van der Waals surface area contributed by atoms with E-state index in [0.29, 0.717) is 11.3 Å². The van der Waals surface area contributed by atoms with E-state index in [0.717, 1.165) is 5.56 Å². The Labute approximate surface area is 124 Å². The molecule has 0 aliphatic heterocycles. The third-order valence-corrected chi connectivity index (χ3v) is 3.20. The second kappa shape index (κ2) is 6.70. The Morgan fingerprint density at radius 1 is 0.952 bits per heavy atom. The molecule has 21 heavy (non-hydrogen) atoms. The standard InChI is InChI=1S/C17H18N2O2/c1-12(14-8-4-3-5-9-14)18-17(21)19-16-11-7-6-10-15(16)13(2)20/h3-12H,1-2H3,(H2,18,19,21)/t12-/m0/s1. The molecule has 2 N–H and O–H groups in total. The van der Waals surface area contributed by atoms with Crippen molar-refractivity contribution in [1.29, 1.82) is 0 Å². The van der Waals surface area contributed by atoms with Crippen LogP contribution in [0.1, 0.15) is 35.8 Å². The van der Waals surface area contributed by atoms with Crippen molar-refractivity contribution in [2.45, 2.75) is 19.9 Å². The fourth-order valence-electron chi connectivity index (χ4n) is 2.08. The molecule has 0 fully saturated rings. The van der Waals surface area contributed by atoms with Crippen molar-refractivity contribution in [3.63, 3.8) is 0 Å². The summed E-state index contributed by atoms with van der Waals surface area (Å²) in [6.45, 7) is 3.39. The summed E-state index contributed by atoms with van der Waals surface area (Å²) in [5, 5.41) is 5.57. The van der Waals surface area contributed by atoms with E-state index >= 15 is 0 Å². The van der Waals surface area contributed by atoms with Crippen molar-refractivity contribution in [3.8, 4) is 0 Å². The lowest BCUT2D eigenvalue weighted by Crippen LogP contribution is -2.31. The van der Waals surface area contributed by atoms with Gasteiger partial charge in [0.15, 0.2) is 5.78 Å². The number of ketones is 1. The molecule has 0 saturated heterocycles. The molecule has 2 amide bonds. The predicted octanol–water partition coefficient (Wildman–Crippen LogP) is 3.77. The molecule has 0 aliphatic rings. The van der Waals surface area contributed by atoms with E-state index in [1.165, 1.54) is 6.92 Å². The summed E-state index contributed by atoms with van der Waals surface area (Å²) in [6, 6.07) is 16.2. The first-order valence-electron chi connectivity index (χ1n) is 6.80. The minimum atomic E-state index is -0.333. The van der Waals surface area contributed by atoms with Gasteiger partial charge in [0.25, 0.3) is 0 Å². The maximum Gasteiger partial charge on any atom is 0.319 e. The zero-order chi connectivity index (χ0) is 15.2. The van der Waals surface area contributed by atoms with E-state index in [-0.39, 0.29) is 17.9 Å². The minimum absolute atomic E-state index is 0.0815. The van der Waals surface area contributed by atoms with Gasteiger partial charge in [0, 0.05) is 5.56 Å². The number of anilines is 1. The van der Waals surface area contributed by atoms with Crippen LogP contribution in [0, 0.1) is 0 Å². The van der Waals surface area contributed by atoms with Crippen molar-refractivity contribution in [2.24, 2.45) is 0 Å². The van der Waals surface area contributed by atoms with Crippen molar-refractivity contribution in [2.75, 3.05) is 5.32 Å². The van der Waals surface area contributed by atoms with Crippen LogP contribution in [0.5, 0.6) is 0 Å². The molecule has 108 valence electrons. The van der Waals surface area contributed by atoms with Crippen LogP contribution in [-0.4, -0.2) is 11.8 Å². The molecule has 0 saturated carbocycles. The molecule has 2 aromatic carbocycles. The number of Topliss-reactive ketones (excluding diaryl/α,β-unsaturated/α-hetero) is 1. The van der Waals surface area contributed by atoms with Crippen LogP contribution >= 0.6 is 0 Å². The topological polar surface area (TPSA) is 58.2 Å². The molecule has 0 heterocycles. The lowest BCUT2D eigenvalue weighted by Gasteiger charge is -2.16. The molecule has 0 bridgehead atoms. The number of carbonyl (C=O) groups excluding carboxylic acids is 2. The van der Waals surface area contributed by atoms with Gasteiger partial charge in [0.05, 0.1) is 11.7 Å². The van der Waals surface area contributed by atoms with Gasteiger partial charge in [-0.1, -0.05) is 42.5 Å². The zero-order valence-corrected chi connectivity index (χ0v) is 12.1. The van der Waals surface area contributed by atoms with Crippen molar-refractivity contribution in [3.05, 3.63) is 65.7 Å². The highest BCUT2D eigenvalue weighted by atomic mass is 16.2. The Morgan fingerprint density at radius 2 is 1.57 bits per heavy atom. The number of carbonyl (C=O) groups is 2. The SMILES string of the molecule is CC(=O)c1ccccc1NC(=O)N[C@@H](C)c1ccccc1. The van der Waals surface area contributed by atoms with Crippen molar-refractivity contribution < 1.29 is 9.59 Å². The van der Waals surface area contributed by atoms with E-state index in [1.807, 2.05) is 37.3 Å². The number of urea groups is 1. The molecule has 0 radical (unpaired) electrons. The first-order valence-corrected chi connectivity index (χ1v) is 6.80. The summed E-state index contributed by atoms with van der Waals surface area (Å²) < 4.78 is 0. The average Bonchev–Trinajstić information content (AvgIpc) is 2.48. The van der Waals surface area contributed by atoms with Gasteiger partial charge >= 0.3 is 6.03 Å². The number of nitrogens with one attached hydrogen (secondary N) is 2. The largest absolute Gasteiger partial charge is 0.331 e. The lowest BCUT2D eigenvalue weighted by atomic mass is 10.1. The first-order chi connectivity index (χ1) is 10.1. The molecule has 4 nitrogen and oxygen atoms in total. The Kier molecular flexibility index (Phi) is 4.72. The molecular formula is C17H18N2O2. The average molecular weight is 282 g/mol. The van der Waals surface area contributed by atoms with Gasteiger partial charge < -0.3 is 10.6 Å². The summed E-state index contributed by atoms with van der Waals surface area (Å²) in [5.74, 6) is -0.0815. The normalized spacial score (nSPS) is 11.5. The summed E-state index contributed by atoms with van der Waals surface area (Å²) in [5.41, 5.74) is 2.04.